The minimum absolute atomic E-state index is 0.107. The molecule has 25 heavy (non-hydrogen) atoms. The maximum absolute atomic E-state index is 12.2. The van der Waals surface area contributed by atoms with Gasteiger partial charge in [-0.3, -0.25) is 4.79 Å². The van der Waals surface area contributed by atoms with Crippen LogP contribution >= 0.6 is 0 Å². The zero-order chi connectivity index (χ0) is 18.0. The van der Waals surface area contributed by atoms with Crippen molar-refractivity contribution in [2.24, 2.45) is 15.9 Å². The highest BCUT2D eigenvalue weighted by Crippen LogP contribution is 2.22. The molecule has 1 amide bonds. The highest BCUT2D eigenvalue weighted by atomic mass is 16.5. The summed E-state index contributed by atoms with van der Waals surface area (Å²) in [5.41, 5.74) is 1.32. The second-order valence-electron chi connectivity index (χ2n) is 5.47. The van der Waals surface area contributed by atoms with Crippen molar-refractivity contribution in [2.75, 3.05) is 7.11 Å². The monoisotopic (exact) mass is 338 g/mol. The van der Waals surface area contributed by atoms with Gasteiger partial charge in [-0.15, -0.1) is 0 Å². The van der Waals surface area contributed by atoms with Crippen LogP contribution in [0.4, 0.5) is 0 Å². The van der Waals surface area contributed by atoms with Crippen molar-refractivity contribution in [3.05, 3.63) is 59.2 Å². The summed E-state index contributed by atoms with van der Waals surface area (Å²) >= 11 is 0. The Bertz CT molecular complexity index is 892. The molecule has 3 rings (SSSR count). The fourth-order valence-corrected chi connectivity index (χ4v) is 2.65. The lowest BCUT2D eigenvalue weighted by Gasteiger charge is -2.19. The number of nitrogens with zero attached hydrogens (tertiary/aromatic N) is 2. The molecule has 1 unspecified atom stereocenters. The average Bonchev–Trinajstić information content (AvgIpc) is 2.60. The van der Waals surface area contributed by atoms with Crippen molar-refractivity contribution in [1.29, 1.82) is 0 Å². The molecule has 0 saturated carbocycles. The van der Waals surface area contributed by atoms with E-state index in [0.717, 1.165) is 0 Å². The second-order valence-corrected chi connectivity index (χ2v) is 5.47. The number of fused-ring (bicyclic) bond motifs is 1. The molecule has 0 aromatic heterocycles. The number of hydrogen-bond donors (Lipinski definition) is 1. The standard InChI is InChI=1S/C18H14N2O5/c1-25-18(24)11-6-7-13-14(8-11)19-15(20-16(13)21)9-10-4-2-3-5-12(10)17(22)23/h2-8,13H,9H2,1H3,(H,22,23). The van der Waals surface area contributed by atoms with Crippen LogP contribution in [-0.4, -0.2) is 41.6 Å². The van der Waals surface area contributed by atoms with Crippen LogP contribution in [-0.2, 0) is 20.7 Å². The van der Waals surface area contributed by atoms with Crippen LogP contribution in [0.5, 0.6) is 0 Å². The van der Waals surface area contributed by atoms with Crippen molar-refractivity contribution in [3.63, 3.8) is 0 Å². The lowest BCUT2D eigenvalue weighted by molar-refractivity contribution is -0.135. The van der Waals surface area contributed by atoms with E-state index in [1.165, 1.54) is 25.3 Å². The molecule has 1 N–H and O–H groups in total. The fraction of sp³-hybridized carbons (Fsp3) is 0.167. The molecule has 0 spiro atoms. The van der Waals surface area contributed by atoms with Gasteiger partial charge in [0.25, 0.3) is 5.91 Å². The van der Waals surface area contributed by atoms with Crippen molar-refractivity contribution in [3.8, 4) is 0 Å². The minimum Gasteiger partial charge on any atom is -0.478 e. The van der Waals surface area contributed by atoms with E-state index >= 15 is 0 Å². The third kappa shape index (κ3) is 3.30. The second kappa shape index (κ2) is 6.64. The first kappa shape index (κ1) is 16.5. The number of rotatable bonds is 4. The summed E-state index contributed by atoms with van der Waals surface area (Å²) in [6.45, 7) is 0. The quantitative estimate of drug-likeness (QED) is 0.839. The van der Waals surface area contributed by atoms with Crippen molar-refractivity contribution in [2.45, 2.75) is 6.42 Å². The predicted molar refractivity (Wildman–Crippen MR) is 89.7 cm³/mol. The van der Waals surface area contributed by atoms with Crippen LogP contribution in [0.3, 0.4) is 0 Å². The van der Waals surface area contributed by atoms with Gasteiger partial charge in [-0.05, 0) is 17.7 Å². The topological polar surface area (TPSA) is 105 Å². The molecule has 7 heteroatoms. The minimum atomic E-state index is -1.06. The first-order chi connectivity index (χ1) is 12.0. The highest BCUT2D eigenvalue weighted by Gasteiger charge is 2.29. The Labute approximate surface area is 143 Å². The number of amides is 1. The van der Waals surface area contributed by atoms with Crippen LogP contribution < -0.4 is 0 Å². The Morgan fingerprint density at radius 3 is 2.72 bits per heavy atom. The molecule has 126 valence electrons. The molecule has 7 nitrogen and oxygen atoms in total. The summed E-state index contributed by atoms with van der Waals surface area (Å²) in [4.78, 5) is 43.4. The molecule has 1 heterocycles. The number of benzene rings is 1. The van der Waals surface area contributed by atoms with Gasteiger partial charge in [-0.25, -0.2) is 14.6 Å². The van der Waals surface area contributed by atoms with E-state index in [1.54, 1.807) is 24.3 Å². The maximum atomic E-state index is 12.2. The Kier molecular flexibility index (Phi) is 4.38. The van der Waals surface area contributed by atoms with Crippen molar-refractivity contribution in [1.82, 2.24) is 0 Å². The zero-order valence-corrected chi connectivity index (χ0v) is 13.3. The molecule has 0 fully saturated rings. The van der Waals surface area contributed by atoms with Gasteiger partial charge in [0.15, 0.2) is 0 Å². The van der Waals surface area contributed by atoms with Gasteiger partial charge in [-0.1, -0.05) is 30.4 Å². The van der Waals surface area contributed by atoms with Gasteiger partial charge >= 0.3 is 11.9 Å². The first-order valence-corrected chi connectivity index (χ1v) is 7.49. The summed E-state index contributed by atoms with van der Waals surface area (Å²) in [6, 6.07) is 6.47. The number of carbonyl (C=O) groups excluding carboxylic acids is 2. The van der Waals surface area contributed by atoms with Gasteiger partial charge < -0.3 is 9.84 Å². The van der Waals surface area contributed by atoms with Crippen LogP contribution in [0.1, 0.15) is 15.9 Å². The Morgan fingerprint density at radius 2 is 2.00 bits per heavy atom. The third-order valence-electron chi connectivity index (χ3n) is 3.87. The molecule has 0 bridgehead atoms. The molecule has 1 atom stereocenters. The summed E-state index contributed by atoms with van der Waals surface area (Å²) in [5.74, 6) is -2.40. The summed E-state index contributed by atoms with van der Waals surface area (Å²) in [7, 11) is 1.27. The summed E-state index contributed by atoms with van der Waals surface area (Å²) in [5, 5.41) is 9.24. The number of ether oxygens (including phenoxy) is 1. The number of allylic oxidation sites excluding steroid dienone is 1. The van der Waals surface area contributed by atoms with Crippen LogP contribution in [0.25, 0.3) is 0 Å². The number of esters is 1. The zero-order valence-electron chi connectivity index (χ0n) is 13.3. The molecular formula is C18H14N2O5. The number of amidine groups is 1. The smallest absolute Gasteiger partial charge is 0.337 e. The first-order valence-electron chi connectivity index (χ1n) is 7.49. The number of methoxy groups -OCH3 is 1. The maximum Gasteiger partial charge on any atom is 0.337 e. The normalized spacial score (nSPS) is 18.7. The molecule has 1 aromatic carbocycles. The lowest BCUT2D eigenvalue weighted by atomic mass is 9.92. The number of hydrogen-bond acceptors (Lipinski definition) is 5. The predicted octanol–water partition coefficient (Wildman–Crippen LogP) is 1.59. The molecule has 1 aromatic rings. The molecular weight excluding hydrogens is 324 g/mol. The van der Waals surface area contributed by atoms with Gasteiger partial charge in [0.2, 0.25) is 0 Å². The lowest BCUT2D eigenvalue weighted by Crippen LogP contribution is -2.29. The van der Waals surface area contributed by atoms with Crippen LogP contribution in [0, 0.1) is 5.92 Å². The number of carboxylic acids is 1. The van der Waals surface area contributed by atoms with E-state index in [9.17, 15) is 19.5 Å². The van der Waals surface area contributed by atoms with E-state index in [4.69, 9.17) is 0 Å². The molecule has 1 aliphatic heterocycles. The van der Waals surface area contributed by atoms with Crippen molar-refractivity contribution < 1.29 is 24.2 Å². The van der Waals surface area contributed by atoms with Gasteiger partial charge in [-0.2, -0.15) is 4.99 Å². The van der Waals surface area contributed by atoms with E-state index in [2.05, 4.69) is 14.7 Å². The fourth-order valence-electron chi connectivity index (χ4n) is 2.65. The largest absolute Gasteiger partial charge is 0.478 e. The van der Waals surface area contributed by atoms with E-state index in [-0.39, 0.29) is 23.4 Å². The van der Waals surface area contributed by atoms with Gasteiger partial charge in [0.1, 0.15) is 11.8 Å². The third-order valence-corrected chi connectivity index (χ3v) is 3.87. The Hall–Kier alpha value is -3.35. The summed E-state index contributed by atoms with van der Waals surface area (Å²) < 4.78 is 4.67. The number of aromatic carboxylic acids is 1. The number of aliphatic imine (C=N–C) groups is 2. The number of carbonyl (C=O) groups is 3. The molecule has 2 aliphatic rings. The van der Waals surface area contributed by atoms with E-state index in [1.807, 2.05) is 0 Å². The van der Waals surface area contributed by atoms with Crippen LogP contribution in [0.2, 0.25) is 0 Å². The van der Waals surface area contributed by atoms with E-state index in [0.29, 0.717) is 11.3 Å². The summed E-state index contributed by atoms with van der Waals surface area (Å²) in [6.07, 6.45) is 4.66. The van der Waals surface area contributed by atoms with E-state index < -0.39 is 23.8 Å². The Morgan fingerprint density at radius 1 is 1.24 bits per heavy atom. The van der Waals surface area contributed by atoms with Crippen LogP contribution in [0.15, 0.2) is 58.1 Å². The highest BCUT2D eigenvalue weighted by molar-refractivity contribution is 6.23. The van der Waals surface area contributed by atoms with Crippen molar-refractivity contribution >= 4 is 29.4 Å². The molecule has 1 aliphatic carbocycles. The average molecular weight is 338 g/mol. The number of carboxylic acid groups (broad SMARTS) is 1. The Balaban J connectivity index is 1.92. The van der Waals surface area contributed by atoms with Gasteiger partial charge in [0, 0.05) is 6.42 Å². The van der Waals surface area contributed by atoms with Gasteiger partial charge in [0.05, 0.1) is 24.0 Å². The SMILES string of the molecule is COC(=O)C1=CC2=NC(Cc3ccccc3C(=O)O)=NC(=O)C2C=C1. The molecule has 0 radical (unpaired) electrons. The molecule has 0 saturated heterocycles.